The van der Waals surface area contributed by atoms with Crippen LogP contribution in [0.2, 0.25) is 0 Å². The average molecular weight is 437 g/mol. The lowest BCUT2D eigenvalue weighted by molar-refractivity contribution is -0.0425. The number of nitrogen functional groups attached to an aromatic ring is 1. The number of rotatable bonds is 4. The molecule has 1 fully saturated rings. The van der Waals surface area contributed by atoms with Gasteiger partial charge in [0.1, 0.15) is 18.5 Å². The number of nitrogens with two attached hydrogens (primary N) is 1. The largest absolute Gasteiger partial charge is 0.388 e. The van der Waals surface area contributed by atoms with Gasteiger partial charge in [0.05, 0.1) is 6.10 Å². The molecule has 8 nitrogen and oxygen atoms in total. The summed E-state index contributed by atoms with van der Waals surface area (Å²) in [7, 11) is 0. The Morgan fingerprint density at radius 1 is 1.43 bits per heavy atom. The van der Waals surface area contributed by atoms with Crippen molar-refractivity contribution < 1.29 is 19.3 Å². The molecule has 23 heavy (non-hydrogen) atoms. The molecule has 1 aliphatic rings. The molecule has 1 saturated heterocycles. The van der Waals surface area contributed by atoms with E-state index in [1.165, 1.54) is 6.33 Å². The van der Waals surface area contributed by atoms with Crippen molar-refractivity contribution in [1.82, 2.24) is 19.5 Å². The highest BCUT2D eigenvalue weighted by molar-refractivity contribution is 14.1. The summed E-state index contributed by atoms with van der Waals surface area (Å²) in [6, 6.07) is 0. The fourth-order valence-electron chi connectivity index (χ4n) is 2.68. The second-order valence-corrected chi connectivity index (χ2v) is 7.23. The van der Waals surface area contributed by atoms with E-state index in [-0.39, 0.29) is 20.9 Å². The van der Waals surface area contributed by atoms with E-state index in [1.807, 2.05) is 6.92 Å². The van der Waals surface area contributed by atoms with E-state index in [2.05, 4.69) is 37.5 Å². The first-order chi connectivity index (χ1) is 10.9. The number of hydrogen-bond acceptors (Lipinski definition) is 7. The van der Waals surface area contributed by atoms with Gasteiger partial charge in [0.15, 0.2) is 23.2 Å². The molecule has 0 radical (unpaired) electrons. The predicted octanol–water partition coefficient (Wildman–Crippen LogP) is 0.770. The van der Waals surface area contributed by atoms with Gasteiger partial charge in [0.2, 0.25) is 0 Å². The molecule has 2 aromatic heterocycles. The van der Waals surface area contributed by atoms with Gasteiger partial charge in [0, 0.05) is 3.92 Å². The van der Waals surface area contributed by atoms with Gasteiger partial charge in [-0.2, -0.15) is 9.37 Å². The van der Waals surface area contributed by atoms with Gasteiger partial charge in [-0.1, -0.05) is 29.5 Å². The van der Waals surface area contributed by atoms with Gasteiger partial charge in [0.25, 0.3) is 6.08 Å². The molecule has 126 valence electrons. The molecule has 4 N–H and O–H groups in total. The molecule has 0 bridgehead atoms. The van der Waals surface area contributed by atoms with E-state index >= 15 is 0 Å². The van der Waals surface area contributed by atoms with Crippen LogP contribution in [0.3, 0.4) is 0 Å². The van der Waals surface area contributed by atoms with E-state index in [4.69, 9.17) is 10.5 Å². The van der Waals surface area contributed by atoms with Crippen molar-refractivity contribution >= 4 is 39.6 Å². The minimum absolute atomic E-state index is 0.0375. The zero-order valence-electron chi connectivity index (χ0n) is 12.3. The molecule has 0 aromatic carbocycles. The van der Waals surface area contributed by atoms with Gasteiger partial charge in [-0.3, -0.25) is 4.57 Å². The molecular formula is C13H17FIN5O3. The maximum atomic E-state index is 14.2. The number of alkyl halides is 1. The Morgan fingerprint density at radius 2 is 2.17 bits per heavy atom. The van der Waals surface area contributed by atoms with Crippen LogP contribution >= 0.6 is 22.6 Å². The quantitative estimate of drug-likeness (QED) is 0.367. The highest BCUT2D eigenvalue weighted by Gasteiger charge is 2.45. The van der Waals surface area contributed by atoms with E-state index in [9.17, 15) is 14.6 Å². The van der Waals surface area contributed by atoms with E-state index in [1.54, 1.807) is 0 Å². The highest BCUT2D eigenvalue weighted by atomic mass is 127. The maximum absolute atomic E-state index is 14.2. The second kappa shape index (κ2) is 6.42. The van der Waals surface area contributed by atoms with Crippen molar-refractivity contribution in [3.05, 3.63) is 12.4 Å². The lowest BCUT2D eigenvalue weighted by atomic mass is 10.1. The third-order valence-electron chi connectivity index (χ3n) is 3.99. The van der Waals surface area contributed by atoms with Crippen LogP contribution in [-0.4, -0.2) is 52.0 Å². The summed E-state index contributed by atoms with van der Waals surface area (Å²) in [6.07, 6.45) is -2.36. The summed E-state index contributed by atoms with van der Waals surface area (Å²) < 4.78 is 21.2. The summed E-state index contributed by atoms with van der Waals surface area (Å²) in [5.41, 5.74) is 5.88. The van der Waals surface area contributed by atoms with Gasteiger partial charge < -0.3 is 20.7 Å². The van der Waals surface area contributed by atoms with Gasteiger partial charge in [-0.05, 0) is 12.8 Å². The number of ether oxygens (including phenoxy) is 1. The number of aliphatic hydroxyl groups is 2. The maximum Gasteiger partial charge on any atom is 0.293 e. The molecule has 3 rings (SSSR count). The van der Waals surface area contributed by atoms with Crippen LogP contribution in [0.4, 0.5) is 10.2 Å². The minimum atomic E-state index is -1.29. The SMILES string of the molecule is CCC(I)C[C@H]1OC(n2c(F)nc3c(N)ncnc32)[C@H](O)[C@@H]1O. The number of aromatic nitrogens is 4. The van der Waals surface area contributed by atoms with Crippen LogP contribution in [-0.2, 0) is 4.74 Å². The summed E-state index contributed by atoms with van der Waals surface area (Å²) in [5.74, 6) is 0.0375. The Bertz CT molecular complexity index is 714. The molecule has 0 amide bonds. The van der Waals surface area contributed by atoms with E-state index < -0.39 is 30.6 Å². The molecule has 2 unspecified atom stereocenters. The van der Waals surface area contributed by atoms with Gasteiger partial charge >= 0.3 is 0 Å². The lowest BCUT2D eigenvalue weighted by Crippen LogP contribution is -2.32. The topological polar surface area (TPSA) is 119 Å². The van der Waals surface area contributed by atoms with Crippen molar-refractivity contribution in [3.63, 3.8) is 0 Å². The summed E-state index contributed by atoms with van der Waals surface area (Å²) in [4.78, 5) is 11.4. The number of imidazole rings is 1. The fourth-order valence-corrected chi connectivity index (χ4v) is 3.18. The van der Waals surface area contributed by atoms with Crippen LogP contribution in [0.15, 0.2) is 6.33 Å². The van der Waals surface area contributed by atoms with Crippen molar-refractivity contribution in [1.29, 1.82) is 0 Å². The molecule has 0 spiro atoms. The van der Waals surface area contributed by atoms with Crippen molar-refractivity contribution in [2.75, 3.05) is 5.73 Å². The molecule has 2 aromatic rings. The minimum Gasteiger partial charge on any atom is -0.388 e. The highest BCUT2D eigenvalue weighted by Crippen LogP contribution is 2.35. The molecule has 0 aliphatic carbocycles. The third kappa shape index (κ3) is 2.88. The Balaban J connectivity index is 1.96. The van der Waals surface area contributed by atoms with Crippen LogP contribution in [0.1, 0.15) is 26.0 Å². The first-order valence-corrected chi connectivity index (χ1v) is 8.48. The number of hydrogen-bond donors (Lipinski definition) is 3. The van der Waals surface area contributed by atoms with Gasteiger partial charge in [-0.15, -0.1) is 0 Å². The number of nitrogens with zero attached hydrogens (tertiary/aromatic N) is 4. The Kier molecular flexibility index (Phi) is 4.67. The van der Waals surface area contributed by atoms with Crippen LogP contribution in [0.25, 0.3) is 11.2 Å². The Hall–Kier alpha value is -1.11. The smallest absolute Gasteiger partial charge is 0.293 e. The second-order valence-electron chi connectivity index (χ2n) is 5.47. The average Bonchev–Trinajstić information content (AvgIpc) is 2.99. The van der Waals surface area contributed by atoms with Crippen molar-refractivity contribution in [2.24, 2.45) is 0 Å². The van der Waals surface area contributed by atoms with Crippen molar-refractivity contribution in [2.45, 2.75) is 48.2 Å². The summed E-state index contributed by atoms with van der Waals surface area (Å²) >= 11 is 2.25. The van der Waals surface area contributed by atoms with Crippen LogP contribution in [0, 0.1) is 6.08 Å². The Labute approximate surface area is 145 Å². The zero-order valence-corrected chi connectivity index (χ0v) is 14.5. The van der Waals surface area contributed by atoms with Crippen molar-refractivity contribution in [3.8, 4) is 0 Å². The molecule has 5 atom stereocenters. The molecule has 10 heteroatoms. The molecular weight excluding hydrogens is 420 g/mol. The summed E-state index contributed by atoms with van der Waals surface area (Å²) in [5, 5.41) is 20.5. The van der Waals surface area contributed by atoms with E-state index in [0.717, 1.165) is 11.0 Å². The standard InChI is InChI=1S/C13H17FIN5O3/c1-2-5(15)3-6-8(21)9(22)12(23-6)20-11-7(19-13(20)14)10(16)17-4-18-11/h4-6,8-9,12,21-22H,2-3H2,1H3,(H2,16,17,18)/t5?,6-,8-,9-,12?/m1/s1. The fraction of sp³-hybridized carbons (Fsp3) is 0.615. The summed E-state index contributed by atoms with van der Waals surface area (Å²) in [6.45, 7) is 2.02. The normalized spacial score (nSPS) is 29.3. The Morgan fingerprint density at radius 3 is 2.87 bits per heavy atom. The molecule has 0 saturated carbocycles. The number of aliphatic hydroxyl groups excluding tert-OH is 2. The molecule has 3 heterocycles. The first-order valence-electron chi connectivity index (χ1n) is 7.23. The third-order valence-corrected chi connectivity index (χ3v) is 5.37. The van der Waals surface area contributed by atoms with Crippen LogP contribution in [0.5, 0.6) is 0 Å². The predicted molar refractivity (Wildman–Crippen MR) is 88.3 cm³/mol. The molecule has 1 aliphatic heterocycles. The van der Waals surface area contributed by atoms with Crippen LogP contribution < -0.4 is 5.73 Å². The number of anilines is 1. The van der Waals surface area contributed by atoms with E-state index in [0.29, 0.717) is 6.42 Å². The van der Waals surface area contributed by atoms with Gasteiger partial charge in [-0.25, -0.2) is 9.97 Å². The first kappa shape index (κ1) is 16.7. The monoisotopic (exact) mass is 437 g/mol. The lowest BCUT2D eigenvalue weighted by Gasteiger charge is -2.17. The number of halogens is 2. The zero-order chi connectivity index (χ0) is 16.7. The number of fused-ring (bicyclic) bond motifs is 1.